The Labute approximate surface area is 134 Å². The van der Waals surface area contributed by atoms with E-state index < -0.39 is 0 Å². The van der Waals surface area contributed by atoms with E-state index >= 15 is 0 Å². The number of nitrogens with zero attached hydrogens (tertiary/aromatic N) is 1. The summed E-state index contributed by atoms with van der Waals surface area (Å²) < 4.78 is 4.99. The van der Waals surface area contributed by atoms with Crippen LogP contribution in [-0.2, 0) is 19.1 Å². The minimum atomic E-state index is -0.364. The number of rotatable bonds is 5. The van der Waals surface area contributed by atoms with Crippen molar-refractivity contribution in [3.05, 3.63) is 24.3 Å². The molecule has 2 atom stereocenters. The van der Waals surface area contributed by atoms with Crippen molar-refractivity contribution in [2.45, 2.75) is 26.2 Å². The summed E-state index contributed by atoms with van der Waals surface area (Å²) in [5, 5.41) is 2.68. The van der Waals surface area contributed by atoms with E-state index in [0.717, 1.165) is 25.1 Å². The Bertz CT molecular complexity index is 626. The Morgan fingerprint density at radius 3 is 2.57 bits per heavy atom. The number of esters is 1. The summed E-state index contributed by atoms with van der Waals surface area (Å²) in [5.74, 6) is -0.207. The molecule has 1 heterocycles. The zero-order valence-electron chi connectivity index (χ0n) is 13.1. The third kappa shape index (κ3) is 3.70. The summed E-state index contributed by atoms with van der Waals surface area (Å²) in [4.78, 5) is 36.8. The minimum Gasteiger partial charge on any atom is -0.455 e. The fourth-order valence-corrected chi connectivity index (χ4v) is 2.74. The number of carbonyl (C=O) groups is 3. The highest BCUT2D eigenvalue weighted by atomic mass is 16.5. The van der Waals surface area contributed by atoms with Gasteiger partial charge in [0.05, 0.1) is 5.92 Å². The van der Waals surface area contributed by atoms with E-state index in [1.807, 2.05) is 6.92 Å². The molecule has 6 heteroatoms. The van der Waals surface area contributed by atoms with Crippen molar-refractivity contribution in [1.29, 1.82) is 0 Å². The zero-order chi connectivity index (χ0) is 16.4. The van der Waals surface area contributed by atoms with Gasteiger partial charge in [-0.05, 0) is 43.0 Å². The molecule has 2 fully saturated rings. The minimum absolute atomic E-state index is 0.0416. The molecule has 1 aromatic carbocycles. The highest BCUT2D eigenvalue weighted by Gasteiger charge is 2.40. The Morgan fingerprint density at radius 1 is 1.30 bits per heavy atom. The highest BCUT2D eigenvalue weighted by molar-refractivity contribution is 5.96. The van der Waals surface area contributed by atoms with Crippen LogP contribution < -0.4 is 10.2 Å². The Hall–Kier alpha value is -2.37. The summed E-state index contributed by atoms with van der Waals surface area (Å²) >= 11 is 0. The number of ether oxygens (including phenoxy) is 1. The maximum absolute atomic E-state index is 11.8. The Morgan fingerprint density at radius 2 is 2.00 bits per heavy atom. The first-order valence-electron chi connectivity index (χ1n) is 7.91. The average molecular weight is 316 g/mol. The topological polar surface area (TPSA) is 75.7 Å². The maximum Gasteiger partial charge on any atom is 0.309 e. The van der Waals surface area contributed by atoms with Crippen LogP contribution in [0.4, 0.5) is 11.4 Å². The molecule has 1 aromatic rings. The molecule has 122 valence electrons. The van der Waals surface area contributed by atoms with Crippen LogP contribution in [-0.4, -0.2) is 30.9 Å². The molecule has 6 nitrogen and oxygen atoms in total. The van der Waals surface area contributed by atoms with E-state index in [4.69, 9.17) is 4.74 Å². The third-order valence-corrected chi connectivity index (χ3v) is 4.29. The van der Waals surface area contributed by atoms with Crippen LogP contribution in [0.5, 0.6) is 0 Å². The molecule has 0 spiro atoms. The fourth-order valence-electron chi connectivity index (χ4n) is 2.74. The average Bonchev–Trinajstić information content (AvgIpc) is 3.12. The van der Waals surface area contributed by atoms with Crippen molar-refractivity contribution in [3.8, 4) is 0 Å². The van der Waals surface area contributed by atoms with Crippen LogP contribution in [0.25, 0.3) is 0 Å². The molecule has 0 aromatic heterocycles. The Balaban J connectivity index is 1.48. The number of anilines is 2. The lowest BCUT2D eigenvalue weighted by atomic mass is 10.2. The largest absolute Gasteiger partial charge is 0.455 e. The first-order valence-corrected chi connectivity index (χ1v) is 7.91. The Kier molecular flexibility index (Phi) is 4.32. The van der Waals surface area contributed by atoms with Gasteiger partial charge in [0.15, 0.2) is 6.61 Å². The summed E-state index contributed by atoms with van der Waals surface area (Å²) in [7, 11) is 0. The lowest BCUT2D eigenvalue weighted by Gasteiger charge is -2.16. The van der Waals surface area contributed by atoms with Crippen LogP contribution >= 0.6 is 0 Å². The number of nitrogens with one attached hydrogen (secondary N) is 1. The molecule has 1 saturated carbocycles. The van der Waals surface area contributed by atoms with Gasteiger partial charge in [-0.1, -0.05) is 6.92 Å². The van der Waals surface area contributed by atoms with Crippen LogP contribution in [0.3, 0.4) is 0 Å². The predicted molar refractivity (Wildman–Crippen MR) is 84.9 cm³/mol. The van der Waals surface area contributed by atoms with Crippen molar-refractivity contribution < 1.29 is 19.1 Å². The van der Waals surface area contributed by atoms with Crippen LogP contribution in [0.1, 0.15) is 26.2 Å². The van der Waals surface area contributed by atoms with Crippen LogP contribution in [0.2, 0.25) is 0 Å². The number of hydrogen-bond donors (Lipinski definition) is 1. The number of amides is 2. The van der Waals surface area contributed by atoms with E-state index in [-0.39, 0.29) is 30.3 Å². The summed E-state index contributed by atoms with van der Waals surface area (Å²) in [6.07, 6.45) is 2.31. The highest BCUT2D eigenvalue weighted by Crippen LogP contribution is 2.38. The third-order valence-electron chi connectivity index (χ3n) is 4.29. The molecule has 3 rings (SSSR count). The lowest BCUT2D eigenvalue weighted by molar-refractivity contribution is -0.148. The number of carbonyl (C=O) groups excluding carboxylic acids is 3. The second-order valence-electron chi connectivity index (χ2n) is 6.17. The first-order chi connectivity index (χ1) is 11.0. The number of benzene rings is 1. The first kappa shape index (κ1) is 15.5. The quantitative estimate of drug-likeness (QED) is 0.843. The molecule has 23 heavy (non-hydrogen) atoms. The van der Waals surface area contributed by atoms with E-state index in [0.29, 0.717) is 18.0 Å². The second kappa shape index (κ2) is 6.40. The standard InChI is InChI=1S/C17H20N2O4/c1-11-9-14(11)17(22)23-10-15(20)18-12-4-6-13(7-5-12)19-8-2-3-16(19)21/h4-7,11,14H,2-3,8-10H2,1H3,(H,18,20)/t11-,14+/m1/s1. The van der Waals surface area contributed by atoms with Crippen molar-refractivity contribution in [2.75, 3.05) is 23.4 Å². The van der Waals surface area contributed by atoms with Gasteiger partial charge in [-0.3, -0.25) is 14.4 Å². The molecule has 2 aliphatic rings. The van der Waals surface area contributed by atoms with Crippen LogP contribution in [0, 0.1) is 11.8 Å². The summed E-state index contributed by atoms with van der Waals surface area (Å²) in [5.41, 5.74) is 1.45. The van der Waals surface area contributed by atoms with Gasteiger partial charge in [0.1, 0.15) is 0 Å². The van der Waals surface area contributed by atoms with Crippen molar-refractivity contribution in [2.24, 2.45) is 11.8 Å². The van der Waals surface area contributed by atoms with Gasteiger partial charge in [0.2, 0.25) is 5.91 Å². The van der Waals surface area contributed by atoms with Crippen LogP contribution in [0.15, 0.2) is 24.3 Å². The van der Waals surface area contributed by atoms with Gasteiger partial charge in [-0.15, -0.1) is 0 Å². The lowest BCUT2D eigenvalue weighted by Crippen LogP contribution is -2.24. The molecule has 1 N–H and O–H groups in total. The van der Waals surface area contributed by atoms with Gasteiger partial charge in [-0.2, -0.15) is 0 Å². The summed E-state index contributed by atoms with van der Waals surface area (Å²) in [6.45, 7) is 2.45. The van der Waals surface area contributed by atoms with E-state index in [1.165, 1.54) is 0 Å². The normalized spacial score (nSPS) is 22.8. The zero-order valence-corrected chi connectivity index (χ0v) is 13.1. The molecule has 0 bridgehead atoms. The summed E-state index contributed by atoms with van der Waals surface area (Å²) in [6, 6.07) is 7.08. The fraction of sp³-hybridized carbons (Fsp3) is 0.471. The molecule has 0 unspecified atom stereocenters. The molecule has 1 aliphatic carbocycles. The molecule has 0 radical (unpaired) electrons. The van der Waals surface area contributed by atoms with E-state index in [1.54, 1.807) is 29.2 Å². The molecule has 1 aliphatic heterocycles. The van der Waals surface area contributed by atoms with Crippen molar-refractivity contribution in [1.82, 2.24) is 0 Å². The molecular weight excluding hydrogens is 296 g/mol. The molecule has 1 saturated heterocycles. The van der Waals surface area contributed by atoms with Gasteiger partial charge in [-0.25, -0.2) is 0 Å². The van der Waals surface area contributed by atoms with Gasteiger partial charge in [0, 0.05) is 24.3 Å². The van der Waals surface area contributed by atoms with Gasteiger partial charge in [0.25, 0.3) is 5.91 Å². The van der Waals surface area contributed by atoms with Gasteiger partial charge >= 0.3 is 5.97 Å². The maximum atomic E-state index is 11.8. The van der Waals surface area contributed by atoms with Crippen molar-refractivity contribution in [3.63, 3.8) is 0 Å². The smallest absolute Gasteiger partial charge is 0.309 e. The predicted octanol–water partition coefficient (Wildman–Crippen LogP) is 1.95. The van der Waals surface area contributed by atoms with E-state index in [9.17, 15) is 14.4 Å². The SMILES string of the molecule is C[C@@H]1C[C@@H]1C(=O)OCC(=O)Nc1ccc(N2CCCC2=O)cc1. The van der Waals surface area contributed by atoms with Gasteiger partial charge < -0.3 is 15.0 Å². The number of hydrogen-bond acceptors (Lipinski definition) is 4. The van der Waals surface area contributed by atoms with E-state index in [2.05, 4.69) is 5.32 Å². The monoisotopic (exact) mass is 316 g/mol. The second-order valence-corrected chi connectivity index (χ2v) is 6.17. The molecule has 2 amide bonds. The van der Waals surface area contributed by atoms with Crippen molar-refractivity contribution >= 4 is 29.2 Å². The molecular formula is C17H20N2O4.